The van der Waals surface area contributed by atoms with E-state index >= 15 is 0 Å². The summed E-state index contributed by atoms with van der Waals surface area (Å²) in [5.41, 5.74) is 2.32. The standard InChI is InChI=1S/C12H18N2O3S/c1-4-13-9(2)8-11(10(13)3)12(15)14-6-5-7-18(14,16)17/h8H,4-7H2,1-3H3. The van der Waals surface area contributed by atoms with Crippen molar-refractivity contribution in [2.75, 3.05) is 12.3 Å². The molecule has 0 unspecified atom stereocenters. The van der Waals surface area contributed by atoms with Crippen LogP contribution in [0.4, 0.5) is 0 Å². The molecule has 5 nitrogen and oxygen atoms in total. The largest absolute Gasteiger partial charge is 0.349 e. The van der Waals surface area contributed by atoms with Crippen LogP contribution in [0.3, 0.4) is 0 Å². The highest BCUT2D eigenvalue weighted by molar-refractivity contribution is 7.89. The number of aromatic nitrogens is 1. The maximum absolute atomic E-state index is 12.3. The van der Waals surface area contributed by atoms with E-state index in [0.29, 0.717) is 18.5 Å². The minimum atomic E-state index is -3.39. The van der Waals surface area contributed by atoms with E-state index in [2.05, 4.69) is 0 Å². The van der Waals surface area contributed by atoms with Crippen LogP contribution in [0.5, 0.6) is 0 Å². The Morgan fingerprint density at radius 3 is 2.50 bits per heavy atom. The molecule has 0 saturated carbocycles. The van der Waals surface area contributed by atoms with Gasteiger partial charge < -0.3 is 4.57 Å². The summed E-state index contributed by atoms with van der Waals surface area (Å²) < 4.78 is 26.5. The van der Waals surface area contributed by atoms with Crippen LogP contribution in [-0.2, 0) is 16.6 Å². The van der Waals surface area contributed by atoms with Crippen molar-refractivity contribution in [3.05, 3.63) is 23.0 Å². The minimum absolute atomic E-state index is 0.0747. The van der Waals surface area contributed by atoms with E-state index in [1.165, 1.54) is 0 Å². The molecule has 1 aliphatic heterocycles. The molecule has 1 aromatic rings. The lowest BCUT2D eigenvalue weighted by molar-refractivity contribution is 0.0869. The van der Waals surface area contributed by atoms with Gasteiger partial charge in [-0.3, -0.25) is 4.79 Å². The van der Waals surface area contributed by atoms with Gasteiger partial charge in [-0.05, 0) is 33.3 Å². The predicted octanol–water partition coefficient (Wildman–Crippen LogP) is 1.30. The molecule has 0 aliphatic carbocycles. The molecular formula is C12H18N2O3S. The van der Waals surface area contributed by atoms with Crippen molar-refractivity contribution in [3.63, 3.8) is 0 Å². The van der Waals surface area contributed by atoms with Crippen molar-refractivity contribution >= 4 is 15.9 Å². The quantitative estimate of drug-likeness (QED) is 0.814. The number of carbonyl (C=O) groups excluding carboxylic acids is 1. The van der Waals surface area contributed by atoms with Gasteiger partial charge >= 0.3 is 0 Å². The van der Waals surface area contributed by atoms with Gasteiger partial charge in [0.2, 0.25) is 10.0 Å². The summed E-state index contributed by atoms with van der Waals surface area (Å²) in [6, 6.07) is 1.77. The Kier molecular flexibility index (Phi) is 3.23. The lowest BCUT2D eigenvalue weighted by Gasteiger charge is -2.14. The van der Waals surface area contributed by atoms with Crippen LogP contribution in [0.1, 0.15) is 35.1 Å². The van der Waals surface area contributed by atoms with Crippen molar-refractivity contribution in [3.8, 4) is 0 Å². The highest BCUT2D eigenvalue weighted by atomic mass is 32.2. The van der Waals surface area contributed by atoms with Crippen LogP contribution in [0.2, 0.25) is 0 Å². The molecule has 0 spiro atoms. The first-order valence-corrected chi connectivity index (χ1v) is 7.71. The maximum atomic E-state index is 12.3. The molecule has 0 atom stereocenters. The molecule has 2 rings (SSSR count). The van der Waals surface area contributed by atoms with Gasteiger partial charge in [-0.25, -0.2) is 12.7 Å². The fraction of sp³-hybridized carbons (Fsp3) is 0.583. The van der Waals surface area contributed by atoms with E-state index in [-0.39, 0.29) is 11.7 Å². The first kappa shape index (κ1) is 13.1. The molecule has 1 fully saturated rings. The average Bonchev–Trinajstić information content (AvgIpc) is 2.78. The van der Waals surface area contributed by atoms with Crippen LogP contribution >= 0.6 is 0 Å². The fourth-order valence-corrected chi connectivity index (χ4v) is 3.98. The van der Waals surface area contributed by atoms with E-state index in [4.69, 9.17) is 0 Å². The second kappa shape index (κ2) is 4.42. The summed E-state index contributed by atoms with van der Waals surface area (Å²) >= 11 is 0. The van der Waals surface area contributed by atoms with Crippen molar-refractivity contribution in [2.45, 2.75) is 33.7 Å². The summed E-state index contributed by atoms with van der Waals surface area (Å²) in [7, 11) is -3.39. The molecular weight excluding hydrogens is 252 g/mol. The summed E-state index contributed by atoms with van der Waals surface area (Å²) in [5.74, 6) is -0.314. The van der Waals surface area contributed by atoms with Crippen molar-refractivity contribution in [1.82, 2.24) is 8.87 Å². The molecule has 0 aromatic carbocycles. The highest BCUT2D eigenvalue weighted by Gasteiger charge is 2.34. The zero-order valence-corrected chi connectivity index (χ0v) is 11.7. The lowest BCUT2D eigenvalue weighted by Crippen LogP contribution is -2.32. The Labute approximate surface area is 107 Å². The van der Waals surface area contributed by atoms with E-state index < -0.39 is 10.0 Å². The summed E-state index contributed by atoms with van der Waals surface area (Å²) in [6.07, 6.45) is 0.528. The fourth-order valence-electron chi connectivity index (χ4n) is 2.51. The first-order valence-electron chi connectivity index (χ1n) is 6.10. The van der Waals surface area contributed by atoms with Crippen LogP contribution in [-0.4, -0.2) is 35.5 Å². The number of hydrogen-bond donors (Lipinski definition) is 0. The van der Waals surface area contributed by atoms with E-state index in [9.17, 15) is 13.2 Å². The van der Waals surface area contributed by atoms with Crippen LogP contribution in [0.15, 0.2) is 6.07 Å². The Balaban J connectivity index is 2.41. The molecule has 6 heteroatoms. The second-order valence-corrected chi connectivity index (χ2v) is 6.59. The Bertz CT molecular complexity index is 587. The number of amides is 1. The molecule has 18 heavy (non-hydrogen) atoms. The zero-order valence-electron chi connectivity index (χ0n) is 10.9. The summed E-state index contributed by atoms with van der Waals surface area (Å²) in [4.78, 5) is 12.3. The highest BCUT2D eigenvalue weighted by Crippen LogP contribution is 2.22. The van der Waals surface area contributed by atoms with Gasteiger partial charge in [0.05, 0.1) is 11.3 Å². The van der Waals surface area contributed by atoms with Crippen LogP contribution in [0, 0.1) is 13.8 Å². The van der Waals surface area contributed by atoms with Crippen molar-refractivity contribution < 1.29 is 13.2 Å². The Morgan fingerprint density at radius 2 is 2.06 bits per heavy atom. The molecule has 0 bridgehead atoms. The van der Waals surface area contributed by atoms with Gasteiger partial charge in [0.15, 0.2) is 0 Å². The molecule has 1 aliphatic rings. The molecule has 0 N–H and O–H groups in total. The number of carbonyl (C=O) groups is 1. The van der Waals surface area contributed by atoms with E-state index in [1.54, 1.807) is 6.07 Å². The second-order valence-electron chi connectivity index (χ2n) is 4.58. The van der Waals surface area contributed by atoms with Gasteiger partial charge in [-0.1, -0.05) is 0 Å². The zero-order chi connectivity index (χ0) is 13.5. The Hall–Kier alpha value is -1.30. The molecule has 1 aromatic heterocycles. The number of hydrogen-bond acceptors (Lipinski definition) is 3. The molecule has 1 amide bonds. The molecule has 0 radical (unpaired) electrons. The van der Waals surface area contributed by atoms with Gasteiger partial charge in [0.25, 0.3) is 5.91 Å². The van der Waals surface area contributed by atoms with Crippen molar-refractivity contribution in [2.24, 2.45) is 0 Å². The number of aryl methyl sites for hydroxylation is 1. The third-order valence-electron chi connectivity index (χ3n) is 3.45. The third kappa shape index (κ3) is 1.94. The summed E-state index contributed by atoms with van der Waals surface area (Å²) in [6.45, 7) is 6.85. The monoisotopic (exact) mass is 270 g/mol. The lowest BCUT2D eigenvalue weighted by atomic mass is 10.2. The van der Waals surface area contributed by atoms with Crippen LogP contribution in [0.25, 0.3) is 0 Å². The van der Waals surface area contributed by atoms with Gasteiger partial charge in [-0.15, -0.1) is 0 Å². The maximum Gasteiger partial charge on any atom is 0.269 e. The molecule has 100 valence electrons. The topological polar surface area (TPSA) is 59.4 Å². The minimum Gasteiger partial charge on any atom is -0.349 e. The normalized spacial score (nSPS) is 18.3. The van der Waals surface area contributed by atoms with Crippen molar-refractivity contribution in [1.29, 1.82) is 0 Å². The Morgan fingerprint density at radius 1 is 1.39 bits per heavy atom. The first-order chi connectivity index (χ1) is 8.38. The molecule has 1 saturated heterocycles. The molecule has 2 heterocycles. The van der Waals surface area contributed by atoms with Gasteiger partial charge in [0, 0.05) is 24.5 Å². The predicted molar refractivity (Wildman–Crippen MR) is 69.0 cm³/mol. The van der Waals surface area contributed by atoms with Gasteiger partial charge in [0.1, 0.15) is 0 Å². The summed E-state index contributed by atoms with van der Waals surface area (Å²) in [5, 5.41) is 0. The van der Waals surface area contributed by atoms with Crippen LogP contribution < -0.4 is 0 Å². The number of nitrogens with zero attached hydrogens (tertiary/aromatic N) is 2. The number of rotatable bonds is 2. The average molecular weight is 270 g/mol. The van der Waals surface area contributed by atoms with Gasteiger partial charge in [-0.2, -0.15) is 0 Å². The van der Waals surface area contributed by atoms with E-state index in [1.807, 2.05) is 25.3 Å². The third-order valence-corrected chi connectivity index (χ3v) is 5.27. The SMILES string of the molecule is CCn1c(C)cc(C(=O)N2CCCS2(=O)=O)c1C. The van der Waals surface area contributed by atoms with E-state index in [0.717, 1.165) is 22.2 Å². The number of sulfonamides is 1. The smallest absolute Gasteiger partial charge is 0.269 e.